The summed E-state index contributed by atoms with van der Waals surface area (Å²) in [6, 6.07) is 0.176. The number of nitrogens with two attached hydrogens (primary N) is 1. The van der Waals surface area contributed by atoms with Crippen molar-refractivity contribution in [2.24, 2.45) is 5.73 Å². The number of rotatable bonds is 13. The second-order valence-electron chi connectivity index (χ2n) is 7.36. The van der Waals surface area contributed by atoms with E-state index in [4.69, 9.17) is 10.5 Å². The lowest BCUT2D eigenvalue weighted by atomic mass is 10.1. The number of ether oxygens (including phenoxy) is 1. The monoisotopic (exact) mass is 411 g/mol. The van der Waals surface area contributed by atoms with Crippen LogP contribution >= 0.6 is 11.8 Å². The smallest absolute Gasteiger partial charge is 0.230 e. The fourth-order valence-electron chi connectivity index (χ4n) is 3.24. The fraction of sp³-hybridized carbons (Fsp3) is 0.789. The number of nitrogens with zero attached hydrogens (tertiary/aromatic N) is 3. The number of carbonyl (C=O) groups is 2. The van der Waals surface area contributed by atoms with Gasteiger partial charge in [-0.15, -0.1) is 10.2 Å². The van der Waals surface area contributed by atoms with E-state index in [0.29, 0.717) is 23.9 Å². The molecule has 0 aliphatic carbocycles. The standard InChI is InChI=1S/C19H33N5O3S/c1-3-4-5-7-14(2)21-18(26)13-28-19-23-22-17(10-9-16(20)25)24(19)12-15-8-6-11-27-15/h14-15H,3-13H2,1-2H3,(H2,20,25)(H,21,26)/t14-,15-/m1/s1. The molecule has 8 nitrogen and oxygen atoms in total. The Bertz CT molecular complexity index is 631. The highest BCUT2D eigenvalue weighted by Gasteiger charge is 2.22. The summed E-state index contributed by atoms with van der Waals surface area (Å²) >= 11 is 1.37. The number of nitrogens with one attached hydrogen (secondary N) is 1. The maximum absolute atomic E-state index is 12.3. The molecule has 0 saturated carbocycles. The van der Waals surface area contributed by atoms with Gasteiger partial charge in [0.05, 0.1) is 18.4 Å². The van der Waals surface area contributed by atoms with Crippen LogP contribution in [0.5, 0.6) is 0 Å². The van der Waals surface area contributed by atoms with E-state index in [2.05, 4.69) is 22.4 Å². The predicted molar refractivity (Wildman–Crippen MR) is 109 cm³/mol. The summed E-state index contributed by atoms with van der Waals surface area (Å²) in [4.78, 5) is 23.4. The van der Waals surface area contributed by atoms with Gasteiger partial charge in [0.15, 0.2) is 5.16 Å². The highest BCUT2D eigenvalue weighted by Crippen LogP contribution is 2.22. The van der Waals surface area contributed by atoms with Crippen LogP contribution < -0.4 is 11.1 Å². The lowest BCUT2D eigenvalue weighted by molar-refractivity contribution is -0.119. The van der Waals surface area contributed by atoms with Gasteiger partial charge in [-0.05, 0) is 26.2 Å². The number of primary amides is 1. The third-order valence-electron chi connectivity index (χ3n) is 4.78. The predicted octanol–water partition coefficient (Wildman–Crippen LogP) is 2.05. The minimum absolute atomic E-state index is 0.000601. The molecule has 2 rings (SSSR count). The van der Waals surface area contributed by atoms with Crippen molar-refractivity contribution in [2.45, 2.75) is 89.1 Å². The minimum Gasteiger partial charge on any atom is -0.376 e. The first kappa shape index (κ1) is 22.7. The average Bonchev–Trinajstić information content (AvgIpc) is 3.29. The first-order chi connectivity index (χ1) is 13.5. The Balaban J connectivity index is 1.91. The molecule has 1 aliphatic rings. The molecule has 2 amide bonds. The molecule has 28 heavy (non-hydrogen) atoms. The van der Waals surface area contributed by atoms with Crippen LogP contribution in [0.25, 0.3) is 0 Å². The third kappa shape index (κ3) is 7.79. The molecule has 1 aliphatic heterocycles. The SMILES string of the molecule is CCCCC[C@@H](C)NC(=O)CSc1nnc(CCC(N)=O)n1C[C@H]1CCCO1. The number of unbranched alkanes of at least 4 members (excludes halogenated alkanes) is 2. The molecule has 1 fully saturated rings. The van der Waals surface area contributed by atoms with Crippen molar-refractivity contribution < 1.29 is 14.3 Å². The summed E-state index contributed by atoms with van der Waals surface area (Å²) in [5.41, 5.74) is 5.27. The first-order valence-corrected chi connectivity index (χ1v) is 11.2. The molecule has 0 unspecified atom stereocenters. The molecule has 2 heterocycles. The first-order valence-electron chi connectivity index (χ1n) is 10.2. The zero-order valence-electron chi connectivity index (χ0n) is 17.0. The zero-order valence-corrected chi connectivity index (χ0v) is 17.8. The van der Waals surface area contributed by atoms with E-state index in [0.717, 1.165) is 32.3 Å². The highest BCUT2D eigenvalue weighted by molar-refractivity contribution is 7.99. The second kappa shape index (κ2) is 12.1. The Morgan fingerprint density at radius 1 is 1.39 bits per heavy atom. The van der Waals surface area contributed by atoms with Crippen LogP contribution in [0.3, 0.4) is 0 Å². The molecule has 1 aromatic rings. The summed E-state index contributed by atoms with van der Waals surface area (Å²) in [6.07, 6.45) is 7.32. The summed E-state index contributed by atoms with van der Waals surface area (Å²) in [5.74, 6) is 0.638. The summed E-state index contributed by atoms with van der Waals surface area (Å²) in [6.45, 7) is 5.62. The van der Waals surface area contributed by atoms with E-state index in [1.165, 1.54) is 24.6 Å². The largest absolute Gasteiger partial charge is 0.376 e. The number of hydrogen-bond acceptors (Lipinski definition) is 6. The van der Waals surface area contributed by atoms with Gasteiger partial charge < -0.3 is 20.4 Å². The van der Waals surface area contributed by atoms with Crippen molar-refractivity contribution in [3.8, 4) is 0 Å². The van der Waals surface area contributed by atoms with Crippen LogP contribution in [-0.4, -0.2) is 51.1 Å². The van der Waals surface area contributed by atoms with Crippen LogP contribution in [0.4, 0.5) is 0 Å². The molecule has 9 heteroatoms. The lowest BCUT2D eigenvalue weighted by Gasteiger charge is -2.15. The summed E-state index contributed by atoms with van der Waals surface area (Å²) < 4.78 is 7.70. The Morgan fingerprint density at radius 3 is 2.89 bits per heavy atom. The quantitative estimate of drug-likeness (QED) is 0.379. The van der Waals surface area contributed by atoms with Crippen molar-refractivity contribution in [3.63, 3.8) is 0 Å². The molecule has 0 spiro atoms. The maximum atomic E-state index is 12.3. The van der Waals surface area contributed by atoms with Gasteiger partial charge in [-0.2, -0.15) is 0 Å². The van der Waals surface area contributed by atoms with Gasteiger partial charge in [-0.3, -0.25) is 9.59 Å². The molecule has 0 bridgehead atoms. The second-order valence-corrected chi connectivity index (χ2v) is 8.31. The minimum atomic E-state index is -0.364. The zero-order chi connectivity index (χ0) is 20.4. The van der Waals surface area contributed by atoms with E-state index in [9.17, 15) is 9.59 Å². The summed E-state index contributed by atoms with van der Waals surface area (Å²) in [5, 5.41) is 12.2. The van der Waals surface area contributed by atoms with E-state index in [1.807, 2.05) is 11.5 Å². The maximum Gasteiger partial charge on any atom is 0.230 e. The van der Waals surface area contributed by atoms with Crippen molar-refractivity contribution in [1.29, 1.82) is 0 Å². The normalized spacial score (nSPS) is 17.6. The fourth-order valence-corrected chi connectivity index (χ4v) is 4.02. The molecule has 1 saturated heterocycles. The van der Waals surface area contributed by atoms with Crippen LogP contribution in [0.1, 0.15) is 64.6 Å². The molecule has 2 atom stereocenters. The number of thioether (sulfide) groups is 1. The molecule has 0 aromatic carbocycles. The molecular weight excluding hydrogens is 378 g/mol. The molecule has 158 valence electrons. The molecular formula is C19H33N5O3S. The van der Waals surface area contributed by atoms with Crippen molar-refractivity contribution in [3.05, 3.63) is 5.82 Å². The summed E-state index contributed by atoms with van der Waals surface area (Å²) in [7, 11) is 0. The Labute approximate surface area is 171 Å². The topological polar surface area (TPSA) is 112 Å². The lowest BCUT2D eigenvalue weighted by Crippen LogP contribution is -2.33. The van der Waals surface area contributed by atoms with E-state index >= 15 is 0 Å². The van der Waals surface area contributed by atoms with Crippen molar-refractivity contribution >= 4 is 23.6 Å². The average molecular weight is 412 g/mol. The van der Waals surface area contributed by atoms with Gasteiger partial charge in [-0.1, -0.05) is 37.9 Å². The Kier molecular flexibility index (Phi) is 9.77. The van der Waals surface area contributed by atoms with Gasteiger partial charge in [0.25, 0.3) is 0 Å². The van der Waals surface area contributed by atoms with Gasteiger partial charge in [0, 0.05) is 25.5 Å². The van der Waals surface area contributed by atoms with Crippen LogP contribution in [0.15, 0.2) is 5.16 Å². The van der Waals surface area contributed by atoms with Gasteiger partial charge in [0.2, 0.25) is 11.8 Å². The number of aromatic nitrogens is 3. The van der Waals surface area contributed by atoms with Gasteiger partial charge in [0.1, 0.15) is 5.82 Å². The highest BCUT2D eigenvalue weighted by atomic mass is 32.2. The van der Waals surface area contributed by atoms with E-state index in [-0.39, 0.29) is 36.1 Å². The number of carbonyl (C=O) groups excluding carboxylic acids is 2. The molecule has 3 N–H and O–H groups in total. The van der Waals surface area contributed by atoms with Crippen molar-refractivity contribution in [2.75, 3.05) is 12.4 Å². The van der Waals surface area contributed by atoms with E-state index in [1.54, 1.807) is 0 Å². The Morgan fingerprint density at radius 2 is 2.21 bits per heavy atom. The van der Waals surface area contributed by atoms with Gasteiger partial charge in [-0.25, -0.2) is 0 Å². The van der Waals surface area contributed by atoms with Crippen LogP contribution in [0.2, 0.25) is 0 Å². The molecule has 0 radical (unpaired) electrons. The van der Waals surface area contributed by atoms with Gasteiger partial charge >= 0.3 is 0 Å². The third-order valence-corrected chi connectivity index (χ3v) is 5.75. The number of amides is 2. The van der Waals surface area contributed by atoms with Crippen LogP contribution in [0, 0.1) is 0 Å². The Hall–Kier alpha value is -1.61. The molecule has 1 aromatic heterocycles. The van der Waals surface area contributed by atoms with Crippen molar-refractivity contribution in [1.82, 2.24) is 20.1 Å². The number of aryl methyl sites for hydroxylation is 1. The van der Waals surface area contributed by atoms with E-state index < -0.39 is 0 Å². The van der Waals surface area contributed by atoms with Crippen LogP contribution in [-0.2, 0) is 27.3 Å². The number of hydrogen-bond donors (Lipinski definition) is 2.